The number of carbonyl (C=O) groups excluding carboxylic acids is 1. The van der Waals surface area contributed by atoms with E-state index in [0.717, 1.165) is 19.3 Å². The molecule has 0 aromatic carbocycles. The maximum absolute atomic E-state index is 11.5. The van der Waals surface area contributed by atoms with E-state index in [1.54, 1.807) is 0 Å². The average molecular weight is 210 g/mol. The van der Waals surface area contributed by atoms with Crippen molar-refractivity contribution < 1.29 is 9.53 Å². The SMILES string of the molecule is C=CCCCC(C=C)C(C)C(=O)OCC. The molecule has 0 aromatic rings. The Morgan fingerprint density at radius 1 is 1.47 bits per heavy atom. The molecule has 2 atom stereocenters. The molecule has 0 spiro atoms. The number of rotatable bonds is 8. The van der Waals surface area contributed by atoms with Crippen molar-refractivity contribution in [3.8, 4) is 0 Å². The van der Waals surface area contributed by atoms with E-state index in [1.165, 1.54) is 0 Å². The molecule has 0 heterocycles. The zero-order valence-corrected chi connectivity index (χ0v) is 9.87. The van der Waals surface area contributed by atoms with Gasteiger partial charge >= 0.3 is 5.97 Å². The minimum Gasteiger partial charge on any atom is -0.466 e. The minimum absolute atomic E-state index is 0.0905. The number of carbonyl (C=O) groups is 1. The highest BCUT2D eigenvalue weighted by Crippen LogP contribution is 2.21. The van der Waals surface area contributed by atoms with Crippen LogP contribution in [0.25, 0.3) is 0 Å². The van der Waals surface area contributed by atoms with Crippen LogP contribution in [-0.2, 0) is 9.53 Å². The Kier molecular flexibility index (Phi) is 7.69. The van der Waals surface area contributed by atoms with Gasteiger partial charge in [0.25, 0.3) is 0 Å². The molecule has 2 heteroatoms. The van der Waals surface area contributed by atoms with Crippen LogP contribution in [0, 0.1) is 11.8 Å². The number of unbranched alkanes of at least 4 members (excludes halogenated alkanes) is 1. The quantitative estimate of drug-likeness (QED) is 0.349. The monoisotopic (exact) mass is 210 g/mol. The molecule has 2 unspecified atom stereocenters. The Morgan fingerprint density at radius 3 is 2.60 bits per heavy atom. The Bertz CT molecular complexity index is 209. The molecule has 0 rings (SSSR count). The number of allylic oxidation sites excluding steroid dienone is 2. The fourth-order valence-corrected chi connectivity index (χ4v) is 1.52. The van der Waals surface area contributed by atoms with Crippen LogP contribution >= 0.6 is 0 Å². The molecule has 0 aromatic heterocycles. The molecular weight excluding hydrogens is 188 g/mol. The molecule has 86 valence electrons. The second-order valence-electron chi connectivity index (χ2n) is 3.66. The lowest BCUT2D eigenvalue weighted by Crippen LogP contribution is -2.22. The Balaban J connectivity index is 4.08. The van der Waals surface area contributed by atoms with Crippen molar-refractivity contribution in [2.45, 2.75) is 33.1 Å². The highest BCUT2D eigenvalue weighted by atomic mass is 16.5. The molecule has 0 saturated heterocycles. The van der Waals surface area contributed by atoms with Crippen molar-refractivity contribution in [2.24, 2.45) is 11.8 Å². The summed E-state index contributed by atoms with van der Waals surface area (Å²) < 4.78 is 4.99. The second kappa shape index (κ2) is 8.27. The van der Waals surface area contributed by atoms with E-state index in [9.17, 15) is 4.79 Å². The molecule has 0 radical (unpaired) electrons. The van der Waals surface area contributed by atoms with Crippen LogP contribution in [0.1, 0.15) is 33.1 Å². The fraction of sp³-hybridized carbons (Fsp3) is 0.615. The van der Waals surface area contributed by atoms with Crippen LogP contribution in [0.3, 0.4) is 0 Å². The largest absolute Gasteiger partial charge is 0.466 e. The van der Waals surface area contributed by atoms with Crippen molar-refractivity contribution in [2.75, 3.05) is 6.61 Å². The molecule has 0 N–H and O–H groups in total. The van der Waals surface area contributed by atoms with E-state index in [-0.39, 0.29) is 17.8 Å². The third-order valence-corrected chi connectivity index (χ3v) is 2.55. The summed E-state index contributed by atoms with van der Waals surface area (Å²) >= 11 is 0. The van der Waals surface area contributed by atoms with Gasteiger partial charge in [-0.1, -0.05) is 19.1 Å². The lowest BCUT2D eigenvalue weighted by Gasteiger charge is -2.18. The standard InChI is InChI=1S/C13H22O2/c1-5-8-9-10-12(6-2)11(4)13(14)15-7-3/h5-6,11-12H,1-2,7-10H2,3-4H3. The smallest absolute Gasteiger partial charge is 0.309 e. The third kappa shape index (κ3) is 5.40. The maximum Gasteiger partial charge on any atom is 0.309 e. The third-order valence-electron chi connectivity index (χ3n) is 2.55. The van der Waals surface area contributed by atoms with E-state index in [2.05, 4.69) is 13.2 Å². The minimum atomic E-state index is -0.124. The van der Waals surface area contributed by atoms with Gasteiger partial charge in [0.2, 0.25) is 0 Å². The van der Waals surface area contributed by atoms with Gasteiger partial charge in [-0.25, -0.2) is 0 Å². The van der Waals surface area contributed by atoms with Crippen LogP contribution in [0.2, 0.25) is 0 Å². The molecule has 0 fully saturated rings. The molecule has 15 heavy (non-hydrogen) atoms. The second-order valence-corrected chi connectivity index (χ2v) is 3.66. The first-order chi connectivity index (χ1) is 7.17. The van der Waals surface area contributed by atoms with Crippen molar-refractivity contribution >= 4 is 5.97 Å². The van der Waals surface area contributed by atoms with Crippen molar-refractivity contribution in [3.63, 3.8) is 0 Å². The summed E-state index contributed by atoms with van der Waals surface area (Å²) in [5, 5.41) is 0. The predicted octanol–water partition coefficient (Wildman–Crippen LogP) is 3.34. The molecule has 0 saturated carbocycles. The lowest BCUT2D eigenvalue weighted by molar-refractivity contribution is -0.148. The number of ether oxygens (including phenoxy) is 1. The normalized spacial score (nSPS) is 14.0. The Labute approximate surface area is 93.0 Å². The van der Waals surface area contributed by atoms with Crippen LogP contribution in [0.15, 0.2) is 25.3 Å². The number of hydrogen-bond donors (Lipinski definition) is 0. The predicted molar refractivity (Wildman–Crippen MR) is 63.5 cm³/mol. The molecule has 0 aliphatic carbocycles. The first-order valence-corrected chi connectivity index (χ1v) is 5.57. The van der Waals surface area contributed by atoms with Gasteiger partial charge in [-0.15, -0.1) is 13.2 Å². The van der Waals surface area contributed by atoms with Crippen molar-refractivity contribution in [1.29, 1.82) is 0 Å². The molecule has 0 bridgehead atoms. The molecule has 0 aliphatic rings. The van der Waals surface area contributed by atoms with Gasteiger partial charge in [0.1, 0.15) is 0 Å². The van der Waals surface area contributed by atoms with Crippen LogP contribution in [0.4, 0.5) is 0 Å². The Morgan fingerprint density at radius 2 is 2.13 bits per heavy atom. The van der Waals surface area contributed by atoms with Gasteiger partial charge in [0.15, 0.2) is 0 Å². The first kappa shape index (κ1) is 13.9. The highest BCUT2D eigenvalue weighted by molar-refractivity contribution is 5.72. The first-order valence-electron chi connectivity index (χ1n) is 5.57. The summed E-state index contributed by atoms with van der Waals surface area (Å²) in [6.07, 6.45) is 6.75. The van der Waals surface area contributed by atoms with Gasteiger partial charge in [0, 0.05) is 0 Å². The molecule has 0 aliphatic heterocycles. The summed E-state index contributed by atoms with van der Waals surface area (Å²) in [6, 6.07) is 0. The number of esters is 1. The van der Waals surface area contributed by atoms with Crippen LogP contribution < -0.4 is 0 Å². The maximum atomic E-state index is 11.5. The van der Waals surface area contributed by atoms with E-state index >= 15 is 0 Å². The Hall–Kier alpha value is -1.05. The summed E-state index contributed by atoms with van der Waals surface area (Å²) in [7, 11) is 0. The van der Waals surface area contributed by atoms with Gasteiger partial charge in [0.05, 0.1) is 12.5 Å². The van der Waals surface area contributed by atoms with E-state index < -0.39 is 0 Å². The van der Waals surface area contributed by atoms with Gasteiger partial charge in [-0.05, 0) is 32.1 Å². The lowest BCUT2D eigenvalue weighted by atomic mass is 9.89. The number of hydrogen-bond acceptors (Lipinski definition) is 2. The van der Waals surface area contributed by atoms with E-state index in [0.29, 0.717) is 6.61 Å². The van der Waals surface area contributed by atoms with E-state index in [1.807, 2.05) is 26.0 Å². The van der Waals surface area contributed by atoms with Crippen molar-refractivity contribution in [3.05, 3.63) is 25.3 Å². The summed E-state index contributed by atoms with van der Waals surface area (Å²) in [5.74, 6) is -0.00253. The summed E-state index contributed by atoms with van der Waals surface area (Å²) in [4.78, 5) is 11.5. The van der Waals surface area contributed by atoms with Crippen LogP contribution in [-0.4, -0.2) is 12.6 Å². The topological polar surface area (TPSA) is 26.3 Å². The highest BCUT2D eigenvalue weighted by Gasteiger charge is 2.21. The molecule has 2 nitrogen and oxygen atoms in total. The molecule has 0 amide bonds. The van der Waals surface area contributed by atoms with Crippen molar-refractivity contribution in [1.82, 2.24) is 0 Å². The fourth-order valence-electron chi connectivity index (χ4n) is 1.52. The summed E-state index contributed by atoms with van der Waals surface area (Å²) in [6.45, 7) is 11.6. The van der Waals surface area contributed by atoms with Gasteiger partial charge in [-0.3, -0.25) is 4.79 Å². The molecular formula is C13H22O2. The van der Waals surface area contributed by atoms with Crippen LogP contribution in [0.5, 0.6) is 0 Å². The zero-order valence-electron chi connectivity index (χ0n) is 9.87. The van der Waals surface area contributed by atoms with E-state index in [4.69, 9.17) is 4.74 Å². The summed E-state index contributed by atoms with van der Waals surface area (Å²) in [5.41, 5.74) is 0. The van der Waals surface area contributed by atoms with Gasteiger partial charge in [-0.2, -0.15) is 0 Å². The average Bonchev–Trinajstić information content (AvgIpc) is 2.24. The zero-order chi connectivity index (χ0) is 11.7. The van der Waals surface area contributed by atoms with Gasteiger partial charge < -0.3 is 4.74 Å².